The normalized spacial score (nSPS) is 12.0. The topological polar surface area (TPSA) is 62.1 Å². The fourth-order valence-electron chi connectivity index (χ4n) is 4.61. The van der Waals surface area contributed by atoms with Crippen molar-refractivity contribution in [2.45, 2.75) is 12.5 Å². The average molecular weight is 457 g/mol. The molecule has 5 aromatic rings. The summed E-state index contributed by atoms with van der Waals surface area (Å²) in [5, 5.41) is 4.35. The second-order valence-corrected chi connectivity index (χ2v) is 8.51. The van der Waals surface area contributed by atoms with Crippen LogP contribution < -0.4 is 10.9 Å². The molecule has 0 N–H and O–H groups in total. The molecule has 3 heterocycles. The maximum atomic E-state index is 12.8. The summed E-state index contributed by atoms with van der Waals surface area (Å²) in [6.07, 6.45) is 7.29. The fourth-order valence-corrected chi connectivity index (χ4v) is 4.61. The average Bonchev–Trinajstić information content (AvgIpc) is 3.57. The Morgan fingerprint density at radius 2 is 1.54 bits per heavy atom. The van der Waals surface area contributed by atoms with E-state index in [1.54, 1.807) is 23.1 Å². The molecule has 2 aromatic heterocycles. The van der Waals surface area contributed by atoms with Crippen molar-refractivity contribution in [3.05, 3.63) is 148 Å². The van der Waals surface area contributed by atoms with E-state index in [9.17, 15) is 4.79 Å². The lowest BCUT2D eigenvalue weighted by atomic mass is 9.86. The summed E-state index contributed by atoms with van der Waals surface area (Å²) >= 11 is 0. The lowest BCUT2D eigenvalue weighted by molar-refractivity contribution is 0.571. The molecule has 0 spiro atoms. The molecule has 0 amide bonds. The van der Waals surface area contributed by atoms with Crippen molar-refractivity contribution in [2.75, 3.05) is 0 Å². The van der Waals surface area contributed by atoms with Crippen LogP contribution in [-0.2, 0) is 6.54 Å². The van der Waals surface area contributed by atoms with Crippen molar-refractivity contribution in [3.8, 4) is 11.5 Å². The monoisotopic (exact) mass is 456 g/mol. The minimum Gasteiger partial charge on any atom is -0.444 e. The van der Waals surface area contributed by atoms with Crippen LogP contribution >= 0.6 is 0 Å². The highest BCUT2D eigenvalue weighted by atomic mass is 16.3. The van der Waals surface area contributed by atoms with Crippen LogP contribution in [0.2, 0.25) is 0 Å². The predicted octanol–water partition coefficient (Wildman–Crippen LogP) is 5.95. The van der Waals surface area contributed by atoms with E-state index in [1.165, 1.54) is 11.1 Å². The molecule has 0 unspecified atom stereocenters. The van der Waals surface area contributed by atoms with Crippen LogP contribution in [0.4, 0.5) is 5.69 Å². The standard InChI is InChI=1S/C30H22N3O2/c34-28-15-14-23(29(21-8-3-1-4-9-21)22-10-5-2-6-11-22)18-33(28)19-24-20-35-30(32-24)26-12-7-13-27-25(26)16-17-31-27/h1-18,20,29H,19H2. The second kappa shape index (κ2) is 8.95. The highest BCUT2D eigenvalue weighted by molar-refractivity contribution is 5.81. The molecular weight excluding hydrogens is 434 g/mol. The maximum Gasteiger partial charge on any atom is 0.250 e. The number of pyridine rings is 1. The summed E-state index contributed by atoms with van der Waals surface area (Å²) < 4.78 is 7.50. The third-order valence-electron chi connectivity index (χ3n) is 6.26. The smallest absolute Gasteiger partial charge is 0.250 e. The van der Waals surface area contributed by atoms with Crippen molar-refractivity contribution >= 4 is 11.8 Å². The van der Waals surface area contributed by atoms with Gasteiger partial charge in [0.25, 0.3) is 5.56 Å². The Bertz CT molecular complexity index is 1530. The summed E-state index contributed by atoms with van der Waals surface area (Å²) in [7, 11) is 0. The first kappa shape index (κ1) is 20.9. The van der Waals surface area contributed by atoms with Crippen LogP contribution in [0.1, 0.15) is 33.9 Å². The Morgan fingerprint density at radius 1 is 0.800 bits per heavy atom. The number of oxazole rings is 1. The van der Waals surface area contributed by atoms with Gasteiger partial charge in [0.15, 0.2) is 0 Å². The molecule has 0 fully saturated rings. The SMILES string of the molecule is O=c1ccc(C(c2ccccc2)c2ccccc2)cn1Cc1coc(-c2cccc3c2C=C[N]3)n1. The van der Waals surface area contributed by atoms with Crippen LogP contribution in [0.15, 0.2) is 119 Å². The minimum absolute atomic E-state index is 0.0135. The lowest BCUT2D eigenvalue weighted by Gasteiger charge is -2.19. The Morgan fingerprint density at radius 3 is 2.29 bits per heavy atom. The van der Waals surface area contributed by atoms with E-state index in [2.05, 4.69) is 34.6 Å². The van der Waals surface area contributed by atoms with Crippen molar-refractivity contribution in [1.29, 1.82) is 0 Å². The third-order valence-corrected chi connectivity index (χ3v) is 6.26. The van der Waals surface area contributed by atoms with Crippen molar-refractivity contribution in [3.63, 3.8) is 0 Å². The lowest BCUT2D eigenvalue weighted by Crippen LogP contribution is -2.21. The van der Waals surface area contributed by atoms with Crippen LogP contribution in [0.25, 0.3) is 17.5 Å². The van der Waals surface area contributed by atoms with Crippen molar-refractivity contribution < 1.29 is 4.42 Å². The molecule has 0 atom stereocenters. The van der Waals surface area contributed by atoms with Crippen LogP contribution in [0, 0.1) is 0 Å². The van der Waals surface area contributed by atoms with Gasteiger partial charge in [0.1, 0.15) is 6.26 Å². The summed E-state index contributed by atoms with van der Waals surface area (Å²) in [5.74, 6) is 0.536. The maximum absolute atomic E-state index is 12.8. The fraction of sp³-hybridized carbons (Fsp3) is 0.0667. The first-order valence-electron chi connectivity index (χ1n) is 11.5. The predicted molar refractivity (Wildman–Crippen MR) is 136 cm³/mol. The molecule has 1 radical (unpaired) electrons. The molecule has 5 nitrogen and oxygen atoms in total. The van der Waals surface area contributed by atoms with E-state index < -0.39 is 0 Å². The Hall–Kier alpha value is -4.64. The molecule has 0 saturated heterocycles. The molecular formula is C30H22N3O2. The van der Waals surface area contributed by atoms with Crippen LogP contribution in [0.5, 0.6) is 0 Å². The minimum atomic E-state index is -0.0829. The first-order valence-corrected chi connectivity index (χ1v) is 11.5. The Kier molecular flexibility index (Phi) is 5.35. The zero-order chi connectivity index (χ0) is 23.6. The Balaban J connectivity index is 1.35. The number of fused-ring (bicyclic) bond motifs is 1. The highest BCUT2D eigenvalue weighted by Crippen LogP contribution is 2.34. The Labute approximate surface area is 203 Å². The van der Waals surface area contributed by atoms with E-state index >= 15 is 0 Å². The number of benzene rings is 3. The summed E-state index contributed by atoms with van der Waals surface area (Å²) in [6, 6.07) is 30.1. The van der Waals surface area contributed by atoms with Gasteiger partial charge in [-0.1, -0.05) is 72.8 Å². The van der Waals surface area contributed by atoms with Gasteiger partial charge in [0.2, 0.25) is 5.89 Å². The largest absolute Gasteiger partial charge is 0.444 e. The van der Waals surface area contributed by atoms with Gasteiger partial charge >= 0.3 is 0 Å². The number of nitrogens with zero attached hydrogens (tertiary/aromatic N) is 3. The van der Waals surface area contributed by atoms with Crippen LogP contribution in [-0.4, -0.2) is 9.55 Å². The molecule has 5 heteroatoms. The third kappa shape index (κ3) is 4.08. The first-order chi connectivity index (χ1) is 17.3. The number of aromatic nitrogens is 2. The van der Waals surface area contributed by atoms with Crippen molar-refractivity contribution in [1.82, 2.24) is 14.9 Å². The molecule has 0 bridgehead atoms. The van der Waals surface area contributed by atoms with E-state index in [0.29, 0.717) is 18.1 Å². The van der Waals surface area contributed by atoms with E-state index in [1.807, 2.05) is 72.9 Å². The summed E-state index contributed by atoms with van der Waals surface area (Å²) in [4.78, 5) is 17.5. The van der Waals surface area contributed by atoms with Crippen LogP contribution in [0.3, 0.4) is 0 Å². The number of hydrogen-bond acceptors (Lipinski definition) is 3. The highest BCUT2D eigenvalue weighted by Gasteiger charge is 2.19. The van der Waals surface area contributed by atoms with Gasteiger partial charge in [-0.2, -0.15) is 0 Å². The molecule has 35 heavy (non-hydrogen) atoms. The number of rotatable bonds is 6. The van der Waals surface area contributed by atoms with Gasteiger partial charge < -0.3 is 8.98 Å². The number of hydrogen-bond donors (Lipinski definition) is 0. The molecule has 0 aliphatic carbocycles. The molecule has 3 aromatic carbocycles. The van der Waals surface area contributed by atoms with Gasteiger partial charge in [0, 0.05) is 35.5 Å². The second-order valence-electron chi connectivity index (χ2n) is 8.51. The van der Waals surface area contributed by atoms with E-state index in [0.717, 1.165) is 22.4 Å². The van der Waals surface area contributed by atoms with Gasteiger partial charge in [0.05, 0.1) is 17.9 Å². The molecule has 0 saturated carbocycles. The zero-order valence-corrected chi connectivity index (χ0v) is 18.9. The molecule has 1 aliphatic heterocycles. The van der Waals surface area contributed by atoms with E-state index in [-0.39, 0.29) is 11.5 Å². The van der Waals surface area contributed by atoms with E-state index in [4.69, 9.17) is 4.42 Å². The quantitative estimate of drug-likeness (QED) is 0.317. The van der Waals surface area contributed by atoms with Gasteiger partial charge in [-0.05, 0) is 34.9 Å². The van der Waals surface area contributed by atoms with Gasteiger partial charge in [-0.25, -0.2) is 4.98 Å². The summed E-state index contributed by atoms with van der Waals surface area (Å²) in [6.45, 7) is 0.321. The zero-order valence-electron chi connectivity index (χ0n) is 18.9. The van der Waals surface area contributed by atoms with Crippen molar-refractivity contribution in [2.24, 2.45) is 0 Å². The molecule has 6 rings (SSSR count). The molecule has 169 valence electrons. The van der Waals surface area contributed by atoms with Gasteiger partial charge in [-0.15, -0.1) is 0 Å². The molecule has 1 aliphatic rings. The summed E-state index contributed by atoms with van der Waals surface area (Å²) in [5.41, 5.74) is 6.77. The van der Waals surface area contributed by atoms with Gasteiger partial charge in [-0.3, -0.25) is 10.1 Å².